The smallest absolute Gasteiger partial charge is 0.261 e. The average molecular weight is 329 g/mol. The molecule has 1 aliphatic carbocycles. The van der Waals surface area contributed by atoms with E-state index in [0.717, 1.165) is 48.4 Å². The normalized spacial score (nSPS) is 14.0. The molecule has 2 N–H and O–H groups in total. The van der Waals surface area contributed by atoms with E-state index < -0.39 is 5.91 Å². The van der Waals surface area contributed by atoms with Gasteiger partial charge in [-0.05, 0) is 55.7 Å². The van der Waals surface area contributed by atoms with E-state index in [1.54, 1.807) is 18.3 Å². The summed E-state index contributed by atoms with van der Waals surface area (Å²) >= 11 is 1.53. The predicted molar refractivity (Wildman–Crippen MR) is 92.3 cm³/mol. The summed E-state index contributed by atoms with van der Waals surface area (Å²) in [6.45, 7) is 0. The van der Waals surface area contributed by atoms with Crippen molar-refractivity contribution in [2.75, 3.05) is 11.6 Å². The lowest BCUT2D eigenvalue weighted by Crippen LogP contribution is -2.25. The first-order valence-electron chi connectivity index (χ1n) is 7.74. The van der Waals surface area contributed by atoms with E-state index in [4.69, 9.17) is 0 Å². The maximum atomic E-state index is 12.4. The predicted octanol–water partition coefficient (Wildman–Crippen LogP) is 3.01. The van der Waals surface area contributed by atoms with Gasteiger partial charge in [-0.3, -0.25) is 9.59 Å². The molecule has 6 heteroatoms. The molecule has 0 radical (unpaired) electrons. The number of aromatic nitrogens is 2. The number of H-pyrrole nitrogens is 1. The number of hydrogen-bond acceptors (Lipinski definition) is 4. The van der Waals surface area contributed by atoms with E-state index in [2.05, 4.69) is 15.3 Å². The zero-order chi connectivity index (χ0) is 16.2. The number of hydrogen-bond donors (Lipinski definition) is 2. The van der Waals surface area contributed by atoms with Crippen molar-refractivity contribution in [2.45, 2.75) is 37.1 Å². The van der Waals surface area contributed by atoms with Crippen LogP contribution in [0.2, 0.25) is 0 Å². The zero-order valence-corrected chi connectivity index (χ0v) is 13.8. The Labute approximate surface area is 138 Å². The number of fused-ring (bicyclic) bond motifs is 1. The van der Waals surface area contributed by atoms with Gasteiger partial charge in [-0.25, -0.2) is 4.98 Å². The Bertz CT molecular complexity index is 768. The second-order valence-electron chi connectivity index (χ2n) is 5.62. The third-order valence-electron chi connectivity index (χ3n) is 4.04. The van der Waals surface area contributed by atoms with Crippen LogP contribution in [0, 0.1) is 0 Å². The van der Waals surface area contributed by atoms with Gasteiger partial charge in [0, 0.05) is 5.69 Å². The number of anilines is 1. The lowest BCUT2D eigenvalue weighted by atomic mass is 10.1. The van der Waals surface area contributed by atoms with Crippen molar-refractivity contribution in [3.8, 4) is 0 Å². The van der Waals surface area contributed by atoms with E-state index in [1.165, 1.54) is 11.8 Å². The van der Waals surface area contributed by atoms with Crippen molar-refractivity contribution in [3.05, 3.63) is 51.6 Å². The summed E-state index contributed by atoms with van der Waals surface area (Å²) in [7, 11) is 0. The van der Waals surface area contributed by atoms with Crippen LogP contribution in [0.4, 0.5) is 5.69 Å². The SMILES string of the molecule is CSc1ccc(NC(=O)c2cc3c([nH]c2=O)CCCCC3)cn1. The second kappa shape index (κ2) is 7.00. The highest BCUT2D eigenvalue weighted by Crippen LogP contribution is 2.19. The highest BCUT2D eigenvalue weighted by Gasteiger charge is 2.16. The number of pyridine rings is 2. The third-order valence-corrected chi connectivity index (χ3v) is 4.70. The molecule has 0 aromatic carbocycles. The zero-order valence-electron chi connectivity index (χ0n) is 13.0. The second-order valence-corrected chi connectivity index (χ2v) is 6.45. The van der Waals surface area contributed by atoms with Gasteiger partial charge in [-0.2, -0.15) is 0 Å². The maximum absolute atomic E-state index is 12.4. The van der Waals surface area contributed by atoms with Crippen molar-refractivity contribution < 1.29 is 4.79 Å². The number of amides is 1. The highest BCUT2D eigenvalue weighted by atomic mass is 32.2. The molecular weight excluding hydrogens is 310 g/mol. The lowest BCUT2D eigenvalue weighted by Gasteiger charge is -2.09. The van der Waals surface area contributed by atoms with Crippen LogP contribution in [-0.4, -0.2) is 22.1 Å². The first-order valence-corrected chi connectivity index (χ1v) is 8.96. The number of carbonyl (C=O) groups is 1. The highest BCUT2D eigenvalue weighted by molar-refractivity contribution is 7.98. The van der Waals surface area contributed by atoms with Gasteiger partial charge in [-0.1, -0.05) is 6.42 Å². The van der Waals surface area contributed by atoms with Crippen LogP contribution in [0.3, 0.4) is 0 Å². The fraction of sp³-hybridized carbons (Fsp3) is 0.353. The minimum Gasteiger partial charge on any atom is -0.325 e. The van der Waals surface area contributed by atoms with Gasteiger partial charge in [0.1, 0.15) is 5.56 Å². The summed E-state index contributed by atoms with van der Waals surface area (Å²) in [6.07, 6.45) is 8.67. The quantitative estimate of drug-likeness (QED) is 0.670. The summed E-state index contributed by atoms with van der Waals surface area (Å²) in [5, 5.41) is 3.62. The Balaban J connectivity index is 1.84. The largest absolute Gasteiger partial charge is 0.325 e. The molecule has 1 amide bonds. The number of nitrogens with one attached hydrogen (secondary N) is 2. The van der Waals surface area contributed by atoms with Crippen molar-refractivity contribution in [2.24, 2.45) is 0 Å². The monoisotopic (exact) mass is 329 g/mol. The summed E-state index contributed by atoms with van der Waals surface area (Å²) < 4.78 is 0. The number of nitrogens with zero attached hydrogens (tertiary/aromatic N) is 1. The summed E-state index contributed by atoms with van der Waals surface area (Å²) in [6, 6.07) is 5.37. The number of thioether (sulfide) groups is 1. The van der Waals surface area contributed by atoms with Gasteiger partial charge in [0.25, 0.3) is 11.5 Å². The van der Waals surface area contributed by atoms with E-state index in [0.29, 0.717) is 5.69 Å². The Kier molecular flexibility index (Phi) is 4.81. The van der Waals surface area contributed by atoms with Crippen LogP contribution in [-0.2, 0) is 12.8 Å². The van der Waals surface area contributed by atoms with Crippen molar-refractivity contribution in [1.29, 1.82) is 0 Å². The first kappa shape index (κ1) is 15.8. The van der Waals surface area contributed by atoms with Crippen molar-refractivity contribution >= 4 is 23.4 Å². The fourth-order valence-corrected chi connectivity index (χ4v) is 3.16. The molecule has 2 heterocycles. The molecule has 3 rings (SSSR count). The summed E-state index contributed by atoms with van der Waals surface area (Å²) in [4.78, 5) is 31.7. The lowest BCUT2D eigenvalue weighted by molar-refractivity contribution is 0.102. The van der Waals surface area contributed by atoms with Gasteiger partial charge in [-0.15, -0.1) is 11.8 Å². The Morgan fingerprint density at radius 2 is 2.09 bits per heavy atom. The molecule has 2 aromatic rings. The number of rotatable bonds is 3. The van der Waals surface area contributed by atoms with Crippen LogP contribution in [0.15, 0.2) is 34.2 Å². The van der Waals surface area contributed by atoms with Gasteiger partial charge >= 0.3 is 0 Å². The molecule has 0 spiro atoms. The minimum absolute atomic E-state index is 0.166. The molecule has 2 aromatic heterocycles. The maximum Gasteiger partial charge on any atom is 0.261 e. The molecule has 0 aliphatic heterocycles. The Hall–Kier alpha value is -2.08. The van der Waals surface area contributed by atoms with E-state index in [9.17, 15) is 9.59 Å². The number of aryl methyl sites for hydroxylation is 2. The van der Waals surface area contributed by atoms with Gasteiger partial charge in [0.2, 0.25) is 0 Å². The Morgan fingerprint density at radius 3 is 2.83 bits per heavy atom. The molecule has 5 nitrogen and oxygen atoms in total. The van der Waals surface area contributed by atoms with Crippen molar-refractivity contribution in [1.82, 2.24) is 9.97 Å². The molecular formula is C17H19N3O2S. The van der Waals surface area contributed by atoms with E-state index in [-0.39, 0.29) is 11.1 Å². The molecule has 0 saturated heterocycles. The number of carbonyl (C=O) groups excluding carboxylic acids is 1. The molecule has 0 unspecified atom stereocenters. The topological polar surface area (TPSA) is 74.8 Å². The molecule has 23 heavy (non-hydrogen) atoms. The van der Waals surface area contributed by atoms with Gasteiger partial charge in [0.15, 0.2) is 0 Å². The molecule has 0 bridgehead atoms. The molecule has 0 saturated carbocycles. The average Bonchev–Trinajstić information content (AvgIpc) is 2.79. The van der Waals surface area contributed by atoms with Crippen LogP contribution in [0.5, 0.6) is 0 Å². The van der Waals surface area contributed by atoms with Gasteiger partial charge < -0.3 is 10.3 Å². The molecule has 1 aliphatic rings. The Morgan fingerprint density at radius 1 is 1.26 bits per heavy atom. The third kappa shape index (κ3) is 3.64. The van der Waals surface area contributed by atoms with E-state index in [1.807, 2.05) is 12.3 Å². The van der Waals surface area contributed by atoms with Crippen LogP contribution in [0.25, 0.3) is 0 Å². The van der Waals surface area contributed by atoms with E-state index >= 15 is 0 Å². The minimum atomic E-state index is -0.392. The van der Waals surface area contributed by atoms with Crippen LogP contribution < -0.4 is 10.9 Å². The molecule has 0 atom stereocenters. The molecule has 0 fully saturated rings. The fourth-order valence-electron chi connectivity index (χ4n) is 2.79. The first-order chi connectivity index (χ1) is 11.2. The standard InChI is InChI=1S/C17H19N3O2S/c1-23-15-8-7-12(10-18-15)19-16(21)13-9-11-5-3-2-4-6-14(11)20-17(13)22/h7-10H,2-6H2,1H3,(H,19,21)(H,20,22). The van der Waals surface area contributed by atoms with Crippen molar-refractivity contribution in [3.63, 3.8) is 0 Å². The van der Waals surface area contributed by atoms with Crippen LogP contribution >= 0.6 is 11.8 Å². The summed E-state index contributed by atoms with van der Waals surface area (Å²) in [5.41, 5.74) is 2.50. The van der Waals surface area contributed by atoms with Crippen LogP contribution in [0.1, 0.15) is 40.9 Å². The summed E-state index contributed by atoms with van der Waals surface area (Å²) in [5.74, 6) is -0.392. The molecule has 120 valence electrons. The number of aromatic amines is 1. The van der Waals surface area contributed by atoms with Gasteiger partial charge in [0.05, 0.1) is 16.9 Å².